The third kappa shape index (κ3) is 4.81. The normalized spacial score (nSPS) is 10.2. The zero-order chi connectivity index (χ0) is 18.4. The summed E-state index contributed by atoms with van der Waals surface area (Å²) in [6, 6.07) is 16.4. The van der Waals surface area contributed by atoms with E-state index < -0.39 is 6.02 Å². The van der Waals surface area contributed by atoms with E-state index in [0.717, 1.165) is 11.4 Å². The van der Waals surface area contributed by atoms with Crippen LogP contribution in [0.15, 0.2) is 54.6 Å². The maximum Gasteiger partial charge on any atom is 0.279 e. The number of nitrogens with zero attached hydrogens (tertiary/aromatic N) is 3. The molecule has 0 fully saturated rings. The first-order valence-electron chi connectivity index (χ1n) is 7.66. The highest BCUT2D eigenvalue weighted by atomic mass is 16.5. The van der Waals surface area contributed by atoms with Gasteiger partial charge in [0.1, 0.15) is 11.5 Å². The molecule has 0 aliphatic heterocycles. The maximum atomic E-state index is 7.06. The number of nitrogen functional groups attached to an aromatic ring is 1. The van der Waals surface area contributed by atoms with Crippen molar-refractivity contribution in [1.82, 2.24) is 15.0 Å². The number of hydrogen-bond acceptors (Lipinski definition) is 8. The Morgan fingerprint density at radius 2 is 1.65 bits per heavy atom. The van der Waals surface area contributed by atoms with Crippen LogP contribution in [0.1, 0.15) is 5.82 Å². The third-order valence-corrected chi connectivity index (χ3v) is 3.15. The average molecular weight is 351 g/mol. The molecule has 9 heteroatoms. The van der Waals surface area contributed by atoms with E-state index in [9.17, 15) is 0 Å². The van der Waals surface area contributed by atoms with Gasteiger partial charge in [0.15, 0.2) is 12.4 Å². The Morgan fingerprint density at radius 3 is 2.35 bits per heavy atom. The second kappa shape index (κ2) is 7.79. The van der Waals surface area contributed by atoms with Crippen LogP contribution in [0.3, 0.4) is 0 Å². The first-order chi connectivity index (χ1) is 12.6. The number of amidine groups is 1. The van der Waals surface area contributed by atoms with E-state index in [4.69, 9.17) is 26.4 Å². The van der Waals surface area contributed by atoms with Gasteiger partial charge in [-0.25, -0.2) is 0 Å². The zero-order valence-corrected chi connectivity index (χ0v) is 13.7. The lowest BCUT2D eigenvalue weighted by Gasteiger charge is -2.09. The van der Waals surface area contributed by atoms with Gasteiger partial charge in [-0.3, -0.25) is 5.41 Å². The van der Waals surface area contributed by atoms with Gasteiger partial charge >= 0.3 is 0 Å². The molecular weight excluding hydrogens is 334 g/mol. The summed E-state index contributed by atoms with van der Waals surface area (Å²) in [5, 5.41) is 10.1. The number of nitrogens with one attached hydrogen (secondary N) is 2. The van der Waals surface area contributed by atoms with Crippen molar-refractivity contribution in [3.05, 3.63) is 60.4 Å². The van der Waals surface area contributed by atoms with E-state index in [1.165, 1.54) is 0 Å². The third-order valence-electron chi connectivity index (χ3n) is 3.15. The Morgan fingerprint density at radius 1 is 0.962 bits per heavy atom. The topological polar surface area (TPSA) is 145 Å². The van der Waals surface area contributed by atoms with Gasteiger partial charge in [0.2, 0.25) is 11.9 Å². The molecule has 2 aromatic carbocycles. The molecule has 3 aromatic rings. The largest absolute Gasteiger partial charge is 0.457 e. The van der Waals surface area contributed by atoms with Crippen molar-refractivity contribution < 1.29 is 9.47 Å². The quantitative estimate of drug-likeness (QED) is 0.391. The van der Waals surface area contributed by atoms with Crippen molar-refractivity contribution in [2.24, 2.45) is 5.73 Å². The number of ether oxygens (including phenoxy) is 2. The number of anilines is 3. The summed E-state index contributed by atoms with van der Waals surface area (Å²) in [5.41, 5.74) is 11.6. The molecule has 9 nitrogen and oxygen atoms in total. The molecule has 0 saturated heterocycles. The number of rotatable bonds is 6. The molecule has 0 aliphatic rings. The van der Waals surface area contributed by atoms with Crippen LogP contribution in [0.25, 0.3) is 0 Å². The van der Waals surface area contributed by atoms with Crippen LogP contribution < -0.4 is 21.5 Å². The van der Waals surface area contributed by atoms with Gasteiger partial charge in [0, 0.05) is 5.69 Å². The first kappa shape index (κ1) is 17.0. The van der Waals surface area contributed by atoms with Crippen molar-refractivity contribution in [2.45, 2.75) is 6.61 Å². The molecule has 1 heterocycles. The molecule has 0 bridgehead atoms. The Bertz CT molecular complexity index is 885. The highest BCUT2D eigenvalue weighted by Crippen LogP contribution is 2.23. The van der Waals surface area contributed by atoms with Crippen LogP contribution in [0.4, 0.5) is 17.6 Å². The highest BCUT2D eigenvalue weighted by Gasteiger charge is 2.06. The van der Waals surface area contributed by atoms with Crippen LogP contribution in [0, 0.1) is 5.41 Å². The summed E-state index contributed by atoms with van der Waals surface area (Å²) in [6.45, 7) is -0.0689. The lowest BCUT2D eigenvalue weighted by molar-refractivity contribution is 0.275. The van der Waals surface area contributed by atoms with E-state index in [1.807, 2.05) is 54.6 Å². The second-order valence-corrected chi connectivity index (χ2v) is 5.15. The van der Waals surface area contributed by atoms with E-state index in [-0.39, 0.29) is 24.3 Å². The molecular formula is C17H17N7O2. The highest BCUT2D eigenvalue weighted by molar-refractivity contribution is 5.67. The molecule has 26 heavy (non-hydrogen) atoms. The Hall–Kier alpha value is -3.88. The van der Waals surface area contributed by atoms with E-state index >= 15 is 0 Å². The predicted octanol–water partition coefficient (Wildman–Crippen LogP) is 2.40. The molecule has 0 aliphatic carbocycles. The lowest BCUT2D eigenvalue weighted by Crippen LogP contribution is -2.16. The summed E-state index contributed by atoms with van der Waals surface area (Å²) in [7, 11) is 0. The van der Waals surface area contributed by atoms with Crippen molar-refractivity contribution in [1.29, 1.82) is 5.41 Å². The Kier molecular flexibility index (Phi) is 5.08. The van der Waals surface area contributed by atoms with Crippen molar-refractivity contribution >= 4 is 23.6 Å². The molecule has 3 rings (SSSR count). The van der Waals surface area contributed by atoms with Gasteiger partial charge in [-0.2, -0.15) is 15.0 Å². The van der Waals surface area contributed by atoms with E-state index in [2.05, 4.69) is 20.3 Å². The molecule has 0 amide bonds. The van der Waals surface area contributed by atoms with Crippen LogP contribution in [-0.4, -0.2) is 21.0 Å². The van der Waals surface area contributed by atoms with Gasteiger partial charge in [-0.1, -0.05) is 18.2 Å². The smallest absolute Gasteiger partial charge is 0.279 e. The molecule has 132 valence electrons. The second-order valence-electron chi connectivity index (χ2n) is 5.15. The first-order valence-corrected chi connectivity index (χ1v) is 7.66. The fraction of sp³-hybridized carbons (Fsp3) is 0.0588. The molecule has 6 N–H and O–H groups in total. The minimum Gasteiger partial charge on any atom is -0.457 e. The summed E-state index contributed by atoms with van der Waals surface area (Å²) in [5.74, 6) is 2.02. The van der Waals surface area contributed by atoms with Gasteiger partial charge in [-0.15, -0.1) is 0 Å². The van der Waals surface area contributed by atoms with Gasteiger partial charge in [0.25, 0.3) is 6.02 Å². The fourth-order valence-electron chi connectivity index (χ4n) is 2.06. The minimum atomic E-state index is -0.424. The molecule has 0 unspecified atom stereocenters. The molecule has 0 spiro atoms. The summed E-state index contributed by atoms with van der Waals surface area (Å²) in [4.78, 5) is 12.1. The number of nitrogens with two attached hydrogens (primary N) is 2. The SMILES string of the molecule is N=C(N)OCc1nc(N)nc(Nc2ccc(Oc3ccccc3)cc2)n1. The molecule has 0 atom stereocenters. The van der Waals surface area contributed by atoms with Crippen LogP contribution in [0.5, 0.6) is 11.5 Å². The van der Waals surface area contributed by atoms with E-state index in [1.54, 1.807) is 0 Å². The Balaban J connectivity index is 1.68. The summed E-state index contributed by atoms with van der Waals surface area (Å²) < 4.78 is 10.6. The number of hydrogen-bond donors (Lipinski definition) is 4. The number of para-hydroxylation sites is 1. The summed E-state index contributed by atoms with van der Waals surface area (Å²) in [6.07, 6.45) is 0. The van der Waals surface area contributed by atoms with Gasteiger partial charge in [-0.05, 0) is 36.4 Å². The van der Waals surface area contributed by atoms with Gasteiger partial charge in [0.05, 0.1) is 0 Å². The zero-order valence-electron chi connectivity index (χ0n) is 13.7. The molecule has 0 radical (unpaired) electrons. The van der Waals surface area contributed by atoms with Crippen molar-refractivity contribution in [3.8, 4) is 11.5 Å². The number of benzene rings is 2. The monoisotopic (exact) mass is 351 g/mol. The van der Waals surface area contributed by atoms with Gasteiger partial charge < -0.3 is 26.3 Å². The van der Waals surface area contributed by atoms with E-state index in [0.29, 0.717) is 5.75 Å². The fourth-order valence-corrected chi connectivity index (χ4v) is 2.06. The lowest BCUT2D eigenvalue weighted by atomic mass is 10.3. The standard InChI is InChI=1S/C17H17N7O2/c18-15(19)25-10-14-22-16(20)24-17(23-14)21-11-6-8-13(9-7-11)26-12-4-2-1-3-5-12/h1-9H,10H2,(H3,18,19)(H3,20,21,22,23,24). The maximum absolute atomic E-state index is 7.06. The van der Waals surface area contributed by atoms with Crippen molar-refractivity contribution in [2.75, 3.05) is 11.1 Å². The average Bonchev–Trinajstić information content (AvgIpc) is 2.62. The molecule has 0 saturated carbocycles. The van der Waals surface area contributed by atoms with Crippen LogP contribution in [-0.2, 0) is 11.3 Å². The van der Waals surface area contributed by atoms with Crippen LogP contribution >= 0.6 is 0 Å². The Labute approximate surface area is 149 Å². The summed E-state index contributed by atoms with van der Waals surface area (Å²) >= 11 is 0. The van der Waals surface area contributed by atoms with Crippen molar-refractivity contribution in [3.63, 3.8) is 0 Å². The predicted molar refractivity (Wildman–Crippen MR) is 97.2 cm³/mol. The minimum absolute atomic E-state index is 0.0358. The number of aromatic nitrogens is 3. The molecule has 1 aromatic heterocycles. The van der Waals surface area contributed by atoms with Crippen LogP contribution in [0.2, 0.25) is 0 Å².